The summed E-state index contributed by atoms with van der Waals surface area (Å²) < 4.78 is 5.80. The van der Waals surface area contributed by atoms with E-state index in [0.29, 0.717) is 6.54 Å². The number of pyridine rings is 1. The number of rotatable bonds is 8. The predicted molar refractivity (Wildman–Crippen MR) is 113 cm³/mol. The number of nitrogens with zero attached hydrogens (tertiary/aromatic N) is 3. The van der Waals surface area contributed by atoms with Gasteiger partial charge < -0.3 is 20.3 Å². The van der Waals surface area contributed by atoms with Crippen LogP contribution in [0.5, 0.6) is 0 Å². The highest BCUT2D eigenvalue weighted by atomic mass is 16.5. The highest BCUT2D eigenvalue weighted by Gasteiger charge is 2.22. The number of guanidine groups is 1. The Morgan fingerprint density at radius 1 is 1.26 bits per heavy atom. The van der Waals surface area contributed by atoms with E-state index in [-0.39, 0.29) is 12.2 Å². The molecule has 1 fully saturated rings. The molecule has 1 aromatic rings. The van der Waals surface area contributed by atoms with Crippen molar-refractivity contribution in [1.29, 1.82) is 0 Å². The van der Waals surface area contributed by atoms with Crippen LogP contribution >= 0.6 is 0 Å². The van der Waals surface area contributed by atoms with Gasteiger partial charge in [-0.15, -0.1) is 0 Å². The normalized spacial score (nSPS) is 20.8. The quantitative estimate of drug-likeness (QED) is 0.415. The molecular formula is C21H37N5O. The number of ether oxygens (including phenoxy) is 1. The van der Waals surface area contributed by atoms with Crippen molar-refractivity contribution >= 4 is 11.8 Å². The summed E-state index contributed by atoms with van der Waals surface area (Å²) in [6.07, 6.45) is 4.81. The minimum absolute atomic E-state index is 0.240. The van der Waals surface area contributed by atoms with Crippen LogP contribution in [0.4, 0.5) is 5.82 Å². The number of nitrogens with one attached hydrogen (secondary N) is 2. The number of aliphatic imine (C=N–C) groups is 1. The molecule has 1 aliphatic heterocycles. The lowest BCUT2D eigenvalue weighted by atomic mass is 10.1. The van der Waals surface area contributed by atoms with Gasteiger partial charge in [-0.2, -0.15) is 0 Å². The molecule has 0 radical (unpaired) electrons. The van der Waals surface area contributed by atoms with Crippen LogP contribution in [0.3, 0.4) is 0 Å². The van der Waals surface area contributed by atoms with Gasteiger partial charge in [-0.05, 0) is 51.2 Å². The van der Waals surface area contributed by atoms with Crippen LogP contribution in [-0.2, 0) is 11.3 Å². The number of hydrogen-bond donors (Lipinski definition) is 2. The first-order chi connectivity index (χ1) is 13.0. The van der Waals surface area contributed by atoms with E-state index in [4.69, 9.17) is 4.74 Å². The molecule has 0 aliphatic carbocycles. The highest BCUT2D eigenvalue weighted by molar-refractivity contribution is 5.79. The van der Waals surface area contributed by atoms with Crippen LogP contribution in [0.2, 0.25) is 0 Å². The summed E-state index contributed by atoms with van der Waals surface area (Å²) >= 11 is 0. The molecule has 0 saturated carbocycles. The van der Waals surface area contributed by atoms with Gasteiger partial charge >= 0.3 is 0 Å². The largest absolute Gasteiger partial charge is 0.372 e. The molecule has 0 amide bonds. The van der Waals surface area contributed by atoms with Gasteiger partial charge in [0.15, 0.2) is 5.96 Å². The van der Waals surface area contributed by atoms with Crippen LogP contribution in [0.25, 0.3) is 0 Å². The van der Waals surface area contributed by atoms with Crippen LogP contribution in [0.1, 0.15) is 53.0 Å². The number of hydrogen-bond acceptors (Lipinski definition) is 4. The van der Waals surface area contributed by atoms with E-state index >= 15 is 0 Å². The molecule has 0 bridgehead atoms. The minimum Gasteiger partial charge on any atom is -0.372 e. The molecule has 2 atom stereocenters. The Hall–Kier alpha value is -1.82. The van der Waals surface area contributed by atoms with E-state index in [0.717, 1.165) is 55.9 Å². The summed E-state index contributed by atoms with van der Waals surface area (Å²) in [5.74, 6) is 2.64. The molecule has 1 saturated heterocycles. The van der Waals surface area contributed by atoms with Gasteiger partial charge in [0.2, 0.25) is 0 Å². The summed E-state index contributed by atoms with van der Waals surface area (Å²) in [6.45, 7) is 15.1. The SMILES string of the molecule is CCNC(=NCc1ccc(N2CC(C)OC(C)C2)nc1)NCCCC(C)C. The van der Waals surface area contributed by atoms with Crippen LogP contribution in [-0.4, -0.2) is 49.3 Å². The van der Waals surface area contributed by atoms with Crippen molar-refractivity contribution in [3.63, 3.8) is 0 Å². The summed E-state index contributed by atoms with van der Waals surface area (Å²) in [6, 6.07) is 4.22. The standard InChI is InChI=1S/C21H37N5O/c1-6-22-21(23-11-7-8-16(2)3)25-13-19-9-10-20(24-12-19)26-14-17(4)27-18(5)15-26/h9-10,12,16-18H,6-8,11,13-15H2,1-5H3,(H2,22,23,25). The maximum atomic E-state index is 5.80. The zero-order valence-corrected chi connectivity index (χ0v) is 17.7. The maximum Gasteiger partial charge on any atom is 0.191 e. The second-order valence-electron chi connectivity index (χ2n) is 7.84. The Labute approximate surface area is 164 Å². The summed E-state index contributed by atoms with van der Waals surface area (Å²) in [5, 5.41) is 6.73. The van der Waals surface area contributed by atoms with Crippen molar-refractivity contribution in [2.45, 2.75) is 66.2 Å². The molecular weight excluding hydrogens is 338 g/mol. The predicted octanol–water partition coefficient (Wildman–Crippen LogP) is 3.19. The third-order valence-electron chi connectivity index (χ3n) is 4.57. The molecule has 6 heteroatoms. The zero-order valence-electron chi connectivity index (χ0n) is 17.7. The maximum absolute atomic E-state index is 5.80. The highest BCUT2D eigenvalue weighted by Crippen LogP contribution is 2.18. The van der Waals surface area contributed by atoms with Crippen molar-refractivity contribution < 1.29 is 4.74 Å². The summed E-state index contributed by atoms with van der Waals surface area (Å²) in [7, 11) is 0. The monoisotopic (exact) mass is 375 g/mol. The minimum atomic E-state index is 0.240. The second-order valence-corrected chi connectivity index (χ2v) is 7.84. The van der Waals surface area contributed by atoms with E-state index < -0.39 is 0 Å². The Morgan fingerprint density at radius 2 is 2.00 bits per heavy atom. The van der Waals surface area contributed by atoms with Crippen molar-refractivity contribution in [2.24, 2.45) is 10.9 Å². The first-order valence-corrected chi connectivity index (χ1v) is 10.4. The molecule has 2 rings (SSSR count). The van der Waals surface area contributed by atoms with Crippen LogP contribution in [0.15, 0.2) is 23.3 Å². The van der Waals surface area contributed by atoms with E-state index in [1.807, 2.05) is 6.20 Å². The molecule has 0 spiro atoms. The van der Waals surface area contributed by atoms with Crippen LogP contribution in [0, 0.1) is 5.92 Å². The van der Waals surface area contributed by atoms with E-state index in [1.165, 1.54) is 6.42 Å². The summed E-state index contributed by atoms with van der Waals surface area (Å²) in [5.41, 5.74) is 1.12. The fraction of sp³-hybridized carbons (Fsp3) is 0.714. The number of morpholine rings is 1. The average molecular weight is 376 g/mol. The molecule has 1 aliphatic rings. The molecule has 27 heavy (non-hydrogen) atoms. The molecule has 0 aromatic carbocycles. The molecule has 6 nitrogen and oxygen atoms in total. The molecule has 152 valence electrons. The number of anilines is 1. The number of aromatic nitrogens is 1. The van der Waals surface area contributed by atoms with Gasteiger partial charge in [0.05, 0.1) is 18.8 Å². The van der Waals surface area contributed by atoms with Crippen molar-refractivity contribution in [1.82, 2.24) is 15.6 Å². The Kier molecular flexibility index (Phi) is 8.85. The van der Waals surface area contributed by atoms with Gasteiger partial charge in [0.1, 0.15) is 5.82 Å². The zero-order chi connectivity index (χ0) is 19.6. The smallest absolute Gasteiger partial charge is 0.191 e. The lowest BCUT2D eigenvalue weighted by molar-refractivity contribution is -0.00545. The third kappa shape index (κ3) is 7.75. The second kappa shape index (κ2) is 11.1. The topological polar surface area (TPSA) is 61.8 Å². The molecule has 2 N–H and O–H groups in total. The molecule has 1 aromatic heterocycles. The fourth-order valence-electron chi connectivity index (χ4n) is 3.29. The first-order valence-electron chi connectivity index (χ1n) is 10.4. The first kappa shape index (κ1) is 21.5. The fourth-order valence-corrected chi connectivity index (χ4v) is 3.29. The van der Waals surface area contributed by atoms with Gasteiger partial charge in [0, 0.05) is 32.4 Å². The van der Waals surface area contributed by atoms with Crippen molar-refractivity contribution in [3.8, 4) is 0 Å². The van der Waals surface area contributed by atoms with Gasteiger partial charge in [-0.25, -0.2) is 9.98 Å². The lowest BCUT2D eigenvalue weighted by Gasteiger charge is -2.36. The van der Waals surface area contributed by atoms with Gasteiger partial charge in [0.25, 0.3) is 0 Å². The molecule has 2 heterocycles. The average Bonchev–Trinajstić information content (AvgIpc) is 2.62. The van der Waals surface area contributed by atoms with Crippen LogP contribution < -0.4 is 15.5 Å². The summed E-state index contributed by atoms with van der Waals surface area (Å²) in [4.78, 5) is 11.6. The van der Waals surface area contributed by atoms with Crippen molar-refractivity contribution in [3.05, 3.63) is 23.9 Å². The van der Waals surface area contributed by atoms with Gasteiger partial charge in [-0.1, -0.05) is 19.9 Å². The Balaban J connectivity index is 1.88. The van der Waals surface area contributed by atoms with E-state index in [2.05, 4.69) is 72.3 Å². The lowest BCUT2D eigenvalue weighted by Crippen LogP contribution is -2.45. The van der Waals surface area contributed by atoms with E-state index in [1.54, 1.807) is 0 Å². The Morgan fingerprint density at radius 3 is 2.59 bits per heavy atom. The van der Waals surface area contributed by atoms with Gasteiger partial charge in [-0.3, -0.25) is 0 Å². The Bertz CT molecular complexity index is 562. The third-order valence-corrected chi connectivity index (χ3v) is 4.57. The van der Waals surface area contributed by atoms with E-state index in [9.17, 15) is 0 Å². The van der Waals surface area contributed by atoms with Crippen molar-refractivity contribution in [2.75, 3.05) is 31.1 Å². The molecule has 2 unspecified atom stereocenters.